The van der Waals surface area contributed by atoms with Crippen LogP contribution in [-0.2, 0) is 14.4 Å². The van der Waals surface area contributed by atoms with E-state index in [0.717, 1.165) is 6.07 Å². The molecule has 0 aromatic heterocycles. The van der Waals surface area contributed by atoms with Crippen LogP contribution in [0.4, 0.5) is 25.0 Å². The first-order chi connectivity index (χ1) is 17.8. The molecule has 1 aliphatic heterocycles. The molecule has 4 rings (SSSR count). The molecule has 0 aliphatic carbocycles. The summed E-state index contributed by atoms with van der Waals surface area (Å²) in [7, 11) is 0. The minimum atomic E-state index is -0.822. The van der Waals surface area contributed by atoms with Crippen LogP contribution in [0.25, 0.3) is 6.08 Å². The number of carbonyl (C=O) groups is 4. The quantitative estimate of drug-likeness (QED) is 0.319. The van der Waals surface area contributed by atoms with Crippen LogP contribution in [0.15, 0.2) is 78.5 Å². The lowest BCUT2D eigenvalue weighted by molar-refractivity contribution is -0.127. The highest BCUT2D eigenvalue weighted by Gasteiger charge is 2.35. The molecule has 3 aromatic carbocycles. The third-order valence-corrected chi connectivity index (χ3v) is 5.12. The zero-order valence-corrected chi connectivity index (χ0v) is 19.2. The molecule has 1 saturated heterocycles. The molecule has 1 heterocycles. The van der Waals surface area contributed by atoms with Crippen molar-refractivity contribution >= 4 is 41.2 Å². The van der Waals surface area contributed by atoms with Crippen molar-refractivity contribution in [2.24, 2.45) is 0 Å². The highest BCUT2D eigenvalue weighted by Crippen LogP contribution is 2.23. The molecule has 0 atom stereocenters. The maximum Gasteiger partial charge on any atom is 0.329 e. The monoisotopic (exact) mass is 506 g/mol. The Morgan fingerprint density at radius 2 is 1.59 bits per heavy atom. The van der Waals surface area contributed by atoms with E-state index in [9.17, 15) is 28.0 Å². The van der Waals surface area contributed by atoms with E-state index in [2.05, 4.69) is 16.0 Å². The molecule has 0 saturated carbocycles. The largest absolute Gasteiger partial charge is 0.483 e. The number of ether oxygens (including phenoxy) is 1. The van der Waals surface area contributed by atoms with Gasteiger partial charge in [0.05, 0.1) is 5.69 Å². The van der Waals surface area contributed by atoms with E-state index in [-0.39, 0.29) is 23.7 Å². The Morgan fingerprint density at radius 1 is 0.892 bits per heavy atom. The summed E-state index contributed by atoms with van der Waals surface area (Å²) < 4.78 is 32.3. The van der Waals surface area contributed by atoms with E-state index in [1.165, 1.54) is 48.5 Å². The van der Waals surface area contributed by atoms with Crippen molar-refractivity contribution in [3.05, 3.63) is 95.7 Å². The number of benzene rings is 3. The molecule has 1 fully saturated rings. The minimum Gasteiger partial charge on any atom is -0.483 e. The Morgan fingerprint density at radius 3 is 2.35 bits per heavy atom. The summed E-state index contributed by atoms with van der Waals surface area (Å²) in [5.41, 5.74) is 0.586. The van der Waals surface area contributed by atoms with Gasteiger partial charge in [-0.3, -0.25) is 14.4 Å². The van der Waals surface area contributed by atoms with E-state index in [1.807, 2.05) is 0 Å². The van der Waals surface area contributed by atoms with Gasteiger partial charge < -0.3 is 20.7 Å². The van der Waals surface area contributed by atoms with Gasteiger partial charge in [0.2, 0.25) is 5.91 Å². The summed E-state index contributed by atoms with van der Waals surface area (Å²) in [4.78, 5) is 50.3. The number of hydrogen-bond acceptors (Lipinski definition) is 5. The summed E-state index contributed by atoms with van der Waals surface area (Å²) in [6.45, 7) is -1.00. The number of anilines is 2. The highest BCUT2D eigenvalue weighted by molar-refractivity contribution is 6.16. The lowest BCUT2D eigenvalue weighted by Crippen LogP contribution is -2.38. The predicted octanol–water partition coefficient (Wildman–Crippen LogP) is 3.51. The minimum absolute atomic E-state index is 0.0788. The molecule has 0 spiro atoms. The Bertz CT molecular complexity index is 1390. The van der Waals surface area contributed by atoms with E-state index in [1.54, 1.807) is 24.3 Å². The van der Waals surface area contributed by atoms with E-state index >= 15 is 0 Å². The first-order valence-electron chi connectivity index (χ1n) is 11.0. The molecule has 9 nitrogen and oxygen atoms in total. The maximum atomic E-state index is 13.8. The van der Waals surface area contributed by atoms with Crippen LogP contribution in [0, 0.1) is 11.6 Å². The molecule has 0 unspecified atom stereocenters. The Labute approximate surface area is 209 Å². The smallest absolute Gasteiger partial charge is 0.329 e. The Balaban J connectivity index is 1.40. The van der Waals surface area contributed by atoms with E-state index < -0.39 is 41.9 Å². The zero-order chi connectivity index (χ0) is 26.4. The fraction of sp³-hybridized carbons (Fsp3) is 0.0769. The number of para-hydroxylation sites is 2. The second kappa shape index (κ2) is 11.1. The summed E-state index contributed by atoms with van der Waals surface area (Å²) in [5.74, 6) is -2.86. The van der Waals surface area contributed by atoms with Crippen LogP contribution < -0.4 is 20.7 Å². The summed E-state index contributed by atoms with van der Waals surface area (Å²) in [6, 6.07) is 16.4. The average molecular weight is 506 g/mol. The lowest BCUT2D eigenvalue weighted by Gasteiger charge is -2.12. The number of amides is 5. The van der Waals surface area contributed by atoms with E-state index in [4.69, 9.17) is 4.74 Å². The molecule has 3 N–H and O–H groups in total. The number of carbonyl (C=O) groups excluding carboxylic acids is 4. The molecule has 0 radical (unpaired) electrons. The Kier molecular flexibility index (Phi) is 7.53. The van der Waals surface area contributed by atoms with Gasteiger partial charge in [0.25, 0.3) is 11.8 Å². The van der Waals surface area contributed by atoms with Gasteiger partial charge in [0.15, 0.2) is 6.61 Å². The van der Waals surface area contributed by atoms with Gasteiger partial charge in [-0.05, 0) is 48.5 Å². The highest BCUT2D eigenvalue weighted by atomic mass is 19.1. The van der Waals surface area contributed by atoms with Gasteiger partial charge in [-0.15, -0.1) is 0 Å². The van der Waals surface area contributed by atoms with Crippen molar-refractivity contribution in [2.75, 3.05) is 23.8 Å². The van der Waals surface area contributed by atoms with Crippen LogP contribution >= 0.6 is 0 Å². The number of urea groups is 1. The number of nitrogens with zero attached hydrogens (tertiary/aromatic N) is 1. The van der Waals surface area contributed by atoms with E-state index in [0.29, 0.717) is 16.2 Å². The molecule has 3 aromatic rings. The average Bonchev–Trinajstić information content (AvgIpc) is 3.13. The molecular weight excluding hydrogens is 486 g/mol. The molecule has 5 amide bonds. The molecule has 188 valence electrons. The van der Waals surface area contributed by atoms with Crippen LogP contribution in [0.5, 0.6) is 5.75 Å². The maximum absolute atomic E-state index is 13.8. The van der Waals surface area contributed by atoms with Crippen molar-refractivity contribution in [3.63, 3.8) is 0 Å². The van der Waals surface area contributed by atoms with Crippen LogP contribution in [0.3, 0.4) is 0 Å². The second-order valence-corrected chi connectivity index (χ2v) is 7.79. The summed E-state index contributed by atoms with van der Waals surface area (Å²) in [6.07, 6.45) is 1.35. The van der Waals surface area contributed by atoms with Gasteiger partial charge in [-0.25, -0.2) is 18.5 Å². The number of rotatable bonds is 8. The Hall–Kier alpha value is -5.06. The molecule has 37 heavy (non-hydrogen) atoms. The number of imide groups is 1. The van der Waals surface area contributed by atoms with Crippen LogP contribution in [0.1, 0.15) is 5.56 Å². The first-order valence-corrected chi connectivity index (χ1v) is 11.0. The van der Waals surface area contributed by atoms with Crippen molar-refractivity contribution in [2.45, 2.75) is 0 Å². The van der Waals surface area contributed by atoms with Gasteiger partial charge >= 0.3 is 6.03 Å². The number of nitrogens with one attached hydrogen (secondary N) is 3. The normalized spacial score (nSPS) is 13.9. The van der Waals surface area contributed by atoms with Gasteiger partial charge in [0.1, 0.15) is 29.6 Å². The lowest BCUT2D eigenvalue weighted by atomic mass is 10.1. The summed E-state index contributed by atoms with van der Waals surface area (Å²) >= 11 is 0. The first kappa shape index (κ1) is 25.0. The molecule has 1 aliphatic rings. The van der Waals surface area contributed by atoms with Crippen LogP contribution in [0.2, 0.25) is 0 Å². The third-order valence-electron chi connectivity index (χ3n) is 5.12. The third kappa shape index (κ3) is 6.34. The van der Waals surface area contributed by atoms with Gasteiger partial charge in [-0.1, -0.05) is 30.3 Å². The van der Waals surface area contributed by atoms with Gasteiger partial charge in [0, 0.05) is 11.3 Å². The SMILES string of the molecule is O=C(COc1ccccc1/C=C1/NC(=O)N(CC(=O)Nc2ccccc2F)C1=O)Nc1ccc(F)cc1. The van der Waals surface area contributed by atoms with Crippen molar-refractivity contribution in [1.29, 1.82) is 0 Å². The summed E-state index contributed by atoms with van der Waals surface area (Å²) in [5, 5.41) is 7.27. The fourth-order valence-corrected chi connectivity index (χ4v) is 3.37. The van der Waals surface area contributed by atoms with Crippen molar-refractivity contribution in [1.82, 2.24) is 10.2 Å². The number of hydrogen-bond donors (Lipinski definition) is 3. The number of halogens is 2. The van der Waals surface area contributed by atoms with Crippen molar-refractivity contribution in [3.8, 4) is 5.75 Å². The fourth-order valence-electron chi connectivity index (χ4n) is 3.37. The predicted molar refractivity (Wildman–Crippen MR) is 130 cm³/mol. The molecule has 11 heteroatoms. The van der Waals surface area contributed by atoms with Crippen LogP contribution in [-0.4, -0.2) is 41.8 Å². The second-order valence-electron chi connectivity index (χ2n) is 7.79. The van der Waals surface area contributed by atoms with Crippen molar-refractivity contribution < 1.29 is 32.7 Å². The molecular formula is C26H20F2N4O5. The topological polar surface area (TPSA) is 117 Å². The van der Waals surface area contributed by atoms with Gasteiger partial charge in [-0.2, -0.15) is 0 Å². The zero-order valence-electron chi connectivity index (χ0n) is 19.2. The standard InChI is InChI=1S/C26H20F2N4O5/c27-17-9-11-18(12-10-17)29-24(34)15-37-22-8-4-1-5-16(22)13-21-25(35)32(26(36)31-21)14-23(33)30-20-7-3-2-6-19(20)28/h1-13H,14-15H2,(H,29,34)(H,30,33)(H,31,36)/b21-13+. The molecule has 0 bridgehead atoms.